The third-order valence-corrected chi connectivity index (χ3v) is 3.29. The van der Waals surface area contributed by atoms with E-state index in [0.717, 1.165) is 10.9 Å². The first kappa shape index (κ1) is 10.2. The maximum absolute atomic E-state index is 11.7. The van der Waals surface area contributed by atoms with Crippen molar-refractivity contribution < 1.29 is 9.53 Å². The van der Waals surface area contributed by atoms with Crippen molar-refractivity contribution in [3.05, 3.63) is 29.3 Å². The van der Waals surface area contributed by atoms with Crippen LogP contribution in [0.4, 0.5) is 5.82 Å². The molecule has 0 spiro atoms. The van der Waals surface area contributed by atoms with Crippen molar-refractivity contribution in [3.8, 4) is 0 Å². The van der Waals surface area contributed by atoms with Crippen molar-refractivity contribution in [2.45, 2.75) is 18.8 Å². The van der Waals surface area contributed by atoms with E-state index >= 15 is 0 Å². The zero-order valence-electron chi connectivity index (χ0n) is 9.62. The van der Waals surface area contributed by atoms with E-state index in [9.17, 15) is 4.79 Å². The number of H-pyrrole nitrogens is 1. The number of aromatic amines is 1. The summed E-state index contributed by atoms with van der Waals surface area (Å²) in [7, 11) is 1.37. The number of nitrogen functional groups attached to an aromatic ring is 1. The van der Waals surface area contributed by atoms with Gasteiger partial charge in [-0.05, 0) is 36.5 Å². The van der Waals surface area contributed by atoms with Crippen LogP contribution in [0.5, 0.6) is 0 Å². The van der Waals surface area contributed by atoms with Crippen LogP contribution < -0.4 is 5.73 Å². The van der Waals surface area contributed by atoms with Crippen LogP contribution in [0.1, 0.15) is 34.7 Å². The summed E-state index contributed by atoms with van der Waals surface area (Å²) >= 11 is 0. The molecule has 1 aliphatic carbocycles. The number of anilines is 1. The lowest BCUT2D eigenvalue weighted by molar-refractivity contribution is 0.0604. The van der Waals surface area contributed by atoms with E-state index in [0.29, 0.717) is 17.3 Å². The molecular formula is C13H14N2O2. The van der Waals surface area contributed by atoms with Crippen molar-refractivity contribution in [2.75, 3.05) is 12.8 Å². The summed E-state index contributed by atoms with van der Waals surface area (Å²) in [6, 6.07) is 6.12. The maximum atomic E-state index is 11.7. The largest absolute Gasteiger partial charge is 0.465 e. The Hall–Kier alpha value is -1.97. The predicted molar refractivity (Wildman–Crippen MR) is 66.0 cm³/mol. The first-order valence-corrected chi connectivity index (χ1v) is 5.70. The van der Waals surface area contributed by atoms with Crippen LogP contribution in [0.15, 0.2) is 18.2 Å². The number of fused-ring (bicyclic) bond motifs is 1. The summed E-state index contributed by atoms with van der Waals surface area (Å²) in [5.74, 6) is 0.641. The fourth-order valence-corrected chi connectivity index (χ4v) is 2.22. The number of rotatable bonds is 2. The molecule has 1 heterocycles. The van der Waals surface area contributed by atoms with E-state index in [2.05, 4.69) is 11.1 Å². The minimum atomic E-state index is -0.387. The van der Waals surface area contributed by atoms with E-state index in [1.807, 2.05) is 12.1 Å². The van der Waals surface area contributed by atoms with Gasteiger partial charge in [0, 0.05) is 10.9 Å². The number of nitrogens with one attached hydrogen (secondary N) is 1. The number of methoxy groups -OCH3 is 1. The van der Waals surface area contributed by atoms with E-state index in [1.54, 1.807) is 0 Å². The number of carbonyl (C=O) groups is 1. The summed E-state index contributed by atoms with van der Waals surface area (Å²) < 4.78 is 4.76. The van der Waals surface area contributed by atoms with Gasteiger partial charge in [-0.25, -0.2) is 4.79 Å². The number of ether oxygens (including phenoxy) is 1. The lowest BCUT2D eigenvalue weighted by atomic mass is 10.1. The smallest absolute Gasteiger partial charge is 0.342 e. The van der Waals surface area contributed by atoms with Crippen molar-refractivity contribution in [3.63, 3.8) is 0 Å². The number of benzene rings is 1. The predicted octanol–water partition coefficient (Wildman–Crippen LogP) is 2.41. The number of hydrogen-bond acceptors (Lipinski definition) is 3. The van der Waals surface area contributed by atoms with Gasteiger partial charge in [-0.15, -0.1) is 0 Å². The van der Waals surface area contributed by atoms with Gasteiger partial charge in [0.2, 0.25) is 0 Å². The Kier molecular flexibility index (Phi) is 2.11. The molecule has 3 N–H and O–H groups in total. The van der Waals surface area contributed by atoms with Crippen LogP contribution in [0.2, 0.25) is 0 Å². The average molecular weight is 230 g/mol. The Bertz CT molecular complexity index is 597. The van der Waals surface area contributed by atoms with Gasteiger partial charge in [0.15, 0.2) is 0 Å². The zero-order chi connectivity index (χ0) is 12.0. The second-order valence-corrected chi connectivity index (χ2v) is 4.48. The fraction of sp³-hybridized carbons (Fsp3) is 0.308. The second kappa shape index (κ2) is 3.52. The van der Waals surface area contributed by atoms with Gasteiger partial charge < -0.3 is 15.5 Å². The Morgan fingerprint density at radius 3 is 2.88 bits per heavy atom. The SMILES string of the molecule is COC(=O)c1c(N)[nH]c2ccc(C3CC3)cc12. The standard InChI is InChI=1S/C13H14N2O2/c1-17-13(16)11-9-6-8(7-2-3-7)4-5-10(9)15-12(11)14/h4-7,15H,2-3,14H2,1H3. The highest BCUT2D eigenvalue weighted by molar-refractivity contribution is 6.09. The molecule has 4 nitrogen and oxygen atoms in total. The van der Waals surface area contributed by atoms with Gasteiger partial charge in [-0.3, -0.25) is 0 Å². The topological polar surface area (TPSA) is 68.1 Å². The Morgan fingerprint density at radius 2 is 2.24 bits per heavy atom. The molecule has 1 aromatic carbocycles. The summed E-state index contributed by atoms with van der Waals surface area (Å²) in [6.45, 7) is 0. The number of esters is 1. The molecule has 0 unspecified atom stereocenters. The molecule has 4 heteroatoms. The van der Waals surface area contributed by atoms with E-state index in [4.69, 9.17) is 10.5 Å². The summed E-state index contributed by atoms with van der Waals surface area (Å²) in [4.78, 5) is 14.7. The van der Waals surface area contributed by atoms with E-state index in [-0.39, 0.29) is 5.97 Å². The van der Waals surface area contributed by atoms with Crippen molar-refractivity contribution in [1.82, 2.24) is 4.98 Å². The van der Waals surface area contributed by atoms with Crippen LogP contribution in [-0.4, -0.2) is 18.1 Å². The van der Waals surface area contributed by atoms with E-state index in [1.165, 1.54) is 25.5 Å². The maximum Gasteiger partial charge on any atom is 0.342 e. The summed E-state index contributed by atoms with van der Waals surface area (Å²) in [5.41, 5.74) is 8.43. The minimum absolute atomic E-state index is 0.375. The second-order valence-electron chi connectivity index (χ2n) is 4.48. The third kappa shape index (κ3) is 1.56. The normalized spacial score (nSPS) is 15.1. The molecule has 88 valence electrons. The lowest BCUT2D eigenvalue weighted by Crippen LogP contribution is -2.03. The summed E-state index contributed by atoms with van der Waals surface area (Å²) in [6.07, 6.45) is 2.47. The van der Waals surface area contributed by atoms with Crippen LogP contribution in [0.3, 0.4) is 0 Å². The molecular weight excluding hydrogens is 216 g/mol. The first-order chi connectivity index (χ1) is 8.20. The number of nitrogens with two attached hydrogens (primary N) is 1. The Morgan fingerprint density at radius 1 is 1.47 bits per heavy atom. The van der Waals surface area contributed by atoms with Crippen LogP contribution in [-0.2, 0) is 4.74 Å². The average Bonchev–Trinajstić information content (AvgIpc) is 3.11. The molecule has 0 saturated heterocycles. The highest BCUT2D eigenvalue weighted by Crippen LogP contribution is 2.41. The number of hydrogen-bond donors (Lipinski definition) is 2. The molecule has 0 bridgehead atoms. The highest BCUT2D eigenvalue weighted by atomic mass is 16.5. The molecule has 17 heavy (non-hydrogen) atoms. The Labute approximate surface area is 98.8 Å². The summed E-state index contributed by atoms with van der Waals surface area (Å²) in [5, 5.41) is 0.860. The van der Waals surface area contributed by atoms with Gasteiger partial charge in [0.25, 0.3) is 0 Å². The van der Waals surface area contributed by atoms with Crippen molar-refractivity contribution in [1.29, 1.82) is 0 Å². The van der Waals surface area contributed by atoms with Gasteiger partial charge in [0.1, 0.15) is 11.4 Å². The fourth-order valence-electron chi connectivity index (χ4n) is 2.22. The first-order valence-electron chi connectivity index (χ1n) is 5.70. The molecule has 0 amide bonds. The number of carbonyl (C=O) groups excluding carboxylic acids is 1. The molecule has 1 aliphatic rings. The van der Waals surface area contributed by atoms with Gasteiger partial charge in [-0.2, -0.15) is 0 Å². The van der Waals surface area contributed by atoms with Crippen LogP contribution in [0, 0.1) is 0 Å². The van der Waals surface area contributed by atoms with Crippen LogP contribution >= 0.6 is 0 Å². The van der Waals surface area contributed by atoms with Crippen molar-refractivity contribution >= 4 is 22.7 Å². The molecule has 1 aromatic heterocycles. The molecule has 0 atom stereocenters. The molecule has 2 aromatic rings. The van der Waals surface area contributed by atoms with Gasteiger partial charge >= 0.3 is 5.97 Å². The van der Waals surface area contributed by atoms with E-state index < -0.39 is 0 Å². The zero-order valence-corrected chi connectivity index (χ0v) is 9.62. The van der Waals surface area contributed by atoms with Gasteiger partial charge in [-0.1, -0.05) is 6.07 Å². The van der Waals surface area contributed by atoms with Crippen LogP contribution in [0.25, 0.3) is 10.9 Å². The monoisotopic (exact) mass is 230 g/mol. The molecule has 0 radical (unpaired) electrons. The quantitative estimate of drug-likeness (QED) is 0.778. The molecule has 1 saturated carbocycles. The molecule has 3 rings (SSSR count). The molecule has 1 fully saturated rings. The number of aromatic nitrogens is 1. The van der Waals surface area contributed by atoms with Gasteiger partial charge in [0.05, 0.1) is 7.11 Å². The minimum Gasteiger partial charge on any atom is -0.465 e. The Balaban J connectivity index is 2.21. The van der Waals surface area contributed by atoms with Crippen molar-refractivity contribution in [2.24, 2.45) is 0 Å². The lowest BCUT2D eigenvalue weighted by Gasteiger charge is -2.00. The highest BCUT2D eigenvalue weighted by Gasteiger charge is 2.25. The third-order valence-electron chi connectivity index (χ3n) is 3.29. The molecule has 0 aliphatic heterocycles.